The van der Waals surface area contributed by atoms with Crippen molar-refractivity contribution in [1.82, 2.24) is 5.32 Å². The second kappa shape index (κ2) is 9.08. The molecule has 0 saturated carbocycles. The fourth-order valence-corrected chi connectivity index (χ4v) is 3.96. The molecule has 28 heavy (non-hydrogen) atoms. The van der Waals surface area contributed by atoms with Crippen molar-refractivity contribution < 1.29 is 18.9 Å². The summed E-state index contributed by atoms with van der Waals surface area (Å²) < 4.78 is 27.0. The van der Waals surface area contributed by atoms with Gasteiger partial charge in [0.05, 0.1) is 10.9 Å². The molecule has 0 fully saturated rings. The van der Waals surface area contributed by atoms with E-state index in [-0.39, 0.29) is 24.1 Å². The molecule has 3 N–H and O–H groups in total. The summed E-state index contributed by atoms with van der Waals surface area (Å²) in [5.74, 6) is -1.50. The molecule has 0 aliphatic rings. The number of halogens is 2. The molecule has 2 atom stereocenters. The minimum absolute atomic E-state index is 0.0178. The average Bonchev–Trinajstić information content (AvgIpc) is 3.17. The standard InChI is InChI=1S/C22H22F2N2OS/c1-14-5-7-16(8-6-14)22(20-4-3-11-28-20)25-13-21(27)26-15(2)18-10-9-17(23)12-19(18)24/h3-12,15,22,25H,13H2,1-2H3,(H,26,27)/p+1/t15-,22+/m0/s1. The van der Waals surface area contributed by atoms with Crippen LogP contribution in [0.4, 0.5) is 8.78 Å². The minimum Gasteiger partial charge on any atom is -0.345 e. The van der Waals surface area contributed by atoms with E-state index in [1.165, 1.54) is 17.7 Å². The quantitative estimate of drug-likeness (QED) is 0.620. The molecule has 1 amide bonds. The first-order valence-corrected chi connectivity index (χ1v) is 9.99. The zero-order chi connectivity index (χ0) is 20.1. The summed E-state index contributed by atoms with van der Waals surface area (Å²) in [7, 11) is 0. The normalized spacial score (nSPS) is 13.1. The molecule has 0 aliphatic carbocycles. The number of benzene rings is 2. The largest absolute Gasteiger partial charge is 0.345 e. The van der Waals surface area contributed by atoms with E-state index in [4.69, 9.17) is 0 Å². The van der Waals surface area contributed by atoms with Crippen molar-refractivity contribution in [3.05, 3.63) is 93.2 Å². The molecule has 6 heteroatoms. The first-order valence-electron chi connectivity index (χ1n) is 9.11. The van der Waals surface area contributed by atoms with Gasteiger partial charge in [0.1, 0.15) is 17.7 Å². The van der Waals surface area contributed by atoms with Crippen LogP contribution < -0.4 is 10.6 Å². The molecule has 1 aromatic heterocycles. The lowest BCUT2D eigenvalue weighted by atomic mass is 10.0. The molecule has 0 radical (unpaired) electrons. The van der Waals surface area contributed by atoms with Gasteiger partial charge < -0.3 is 10.6 Å². The van der Waals surface area contributed by atoms with E-state index < -0.39 is 17.7 Å². The number of nitrogens with one attached hydrogen (secondary N) is 1. The lowest BCUT2D eigenvalue weighted by Crippen LogP contribution is -2.87. The summed E-state index contributed by atoms with van der Waals surface area (Å²) >= 11 is 1.65. The third-order valence-electron chi connectivity index (χ3n) is 4.63. The van der Waals surface area contributed by atoms with E-state index in [9.17, 15) is 13.6 Å². The Bertz CT molecular complexity index is 926. The maximum absolute atomic E-state index is 13.9. The second-order valence-corrected chi connectivity index (χ2v) is 7.78. The van der Waals surface area contributed by atoms with Gasteiger partial charge >= 0.3 is 0 Å². The van der Waals surface area contributed by atoms with Crippen LogP contribution in [0, 0.1) is 18.6 Å². The zero-order valence-electron chi connectivity index (χ0n) is 15.8. The number of hydrogen-bond acceptors (Lipinski definition) is 2. The summed E-state index contributed by atoms with van der Waals surface area (Å²) in [5, 5.41) is 6.78. The van der Waals surface area contributed by atoms with Gasteiger partial charge in [0, 0.05) is 17.2 Å². The zero-order valence-corrected chi connectivity index (χ0v) is 16.6. The number of amides is 1. The van der Waals surface area contributed by atoms with E-state index in [2.05, 4.69) is 35.6 Å². The number of carbonyl (C=O) groups is 1. The molecule has 0 aliphatic heterocycles. The molecule has 0 saturated heterocycles. The van der Waals surface area contributed by atoms with Gasteiger partial charge in [0.25, 0.3) is 5.91 Å². The van der Waals surface area contributed by atoms with Crippen molar-refractivity contribution in [3.8, 4) is 0 Å². The Balaban J connectivity index is 1.66. The van der Waals surface area contributed by atoms with Crippen molar-refractivity contribution in [2.24, 2.45) is 0 Å². The smallest absolute Gasteiger partial charge is 0.275 e. The van der Waals surface area contributed by atoms with E-state index in [1.807, 2.05) is 23.7 Å². The van der Waals surface area contributed by atoms with Gasteiger partial charge in [-0.2, -0.15) is 0 Å². The van der Waals surface area contributed by atoms with Crippen LogP contribution in [0.25, 0.3) is 0 Å². The summed E-state index contributed by atoms with van der Waals surface area (Å²) in [6.07, 6.45) is 0. The summed E-state index contributed by atoms with van der Waals surface area (Å²) in [5.41, 5.74) is 2.57. The van der Waals surface area contributed by atoms with Gasteiger partial charge in [0.15, 0.2) is 6.54 Å². The maximum atomic E-state index is 13.9. The lowest BCUT2D eigenvalue weighted by molar-refractivity contribution is -0.676. The number of thiophene rings is 1. The Labute approximate surface area is 167 Å². The van der Waals surface area contributed by atoms with Gasteiger partial charge in [-0.05, 0) is 31.4 Å². The second-order valence-electron chi connectivity index (χ2n) is 6.80. The molecule has 0 unspecified atom stereocenters. The summed E-state index contributed by atoms with van der Waals surface area (Å²) in [6.45, 7) is 3.92. The van der Waals surface area contributed by atoms with Gasteiger partial charge in [-0.15, -0.1) is 11.3 Å². The molecular weight excluding hydrogens is 378 g/mol. The van der Waals surface area contributed by atoms with E-state index in [1.54, 1.807) is 18.3 Å². The fraction of sp³-hybridized carbons (Fsp3) is 0.227. The first kappa shape index (κ1) is 20.2. The van der Waals surface area contributed by atoms with Crippen LogP contribution in [0.2, 0.25) is 0 Å². The van der Waals surface area contributed by atoms with Crippen LogP contribution in [0.15, 0.2) is 60.0 Å². The molecule has 146 valence electrons. The van der Waals surface area contributed by atoms with Gasteiger partial charge in [-0.25, -0.2) is 8.78 Å². The SMILES string of the molecule is Cc1ccc([C@@H]([NH2+]CC(=O)N[C@@H](C)c2ccc(F)cc2F)c2cccs2)cc1. The topological polar surface area (TPSA) is 45.7 Å². The molecule has 0 spiro atoms. The van der Waals surface area contributed by atoms with Gasteiger partial charge in [0.2, 0.25) is 0 Å². The predicted molar refractivity (Wildman–Crippen MR) is 107 cm³/mol. The summed E-state index contributed by atoms with van der Waals surface area (Å²) in [6, 6.07) is 15.2. The van der Waals surface area contributed by atoms with Crippen molar-refractivity contribution in [3.63, 3.8) is 0 Å². The van der Waals surface area contributed by atoms with Crippen LogP contribution >= 0.6 is 11.3 Å². The van der Waals surface area contributed by atoms with Crippen molar-refractivity contribution in [2.75, 3.05) is 6.54 Å². The van der Waals surface area contributed by atoms with Crippen LogP contribution in [0.1, 0.15) is 40.6 Å². The van der Waals surface area contributed by atoms with Crippen molar-refractivity contribution >= 4 is 17.2 Å². The van der Waals surface area contributed by atoms with E-state index >= 15 is 0 Å². The molecule has 3 aromatic rings. The number of rotatable bonds is 7. The number of quaternary nitrogens is 1. The molecule has 1 heterocycles. The number of nitrogens with two attached hydrogens (primary N) is 1. The third kappa shape index (κ3) is 5.03. The van der Waals surface area contributed by atoms with Crippen molar-refractivity contribution in [1.29, 1.82) is 0 Å². The van der Waals surface area contributed by atoms with Crippen LogP contribution in [-0.4, -0.2) is 12.5 Å². The highest BCUT2D eigenvalue weighted by Gasteiger charge is 2.21. The number of aryl methyl sites for hydroxylation is 1. The monoisotopic (exact) mass is 401 g/mol. The third-order valence-corrected chi connectivity index (χ3v) is 5.59. The maximum Gasteiger partial charge on any atom is 0.275 e. The first-order chi connectivity index (χ1) is 13.4. The fourth-order valence-electron chi connectivity index (χ4n) is 3.11. The Morgan fingerprint density at radius 3 is 2.54 bits per heavy atom. The lowest BCUT2D eigenvalue weighted by Gasteiger charge is -2.17. The minimum atomic E-state index is -0.659. The molecule has 2 aromatic carbocycles. The Kier molecular flexibility index (Phi) is 6.54. The predicted octanol–water partition coefficient (Wildman–Crippen LogP) is 3.86. The Morgan fingerprint density at radius 2 is 1.89 bits per heavy atom. The summed E-state index contributed by atoms with van der Waals surface area (Å²) in [4.78, 5) is 13.6. The highest BCUT2D eigenvalue weighted by molar-refractivity contribution is 7.10. The Morgan fingerprint density at radius 1 is 1.14 bits per heavy atom. The van der Waals surface area contributed by atoms with Crippen LogP contribution in [-0.2, 0) is 4.79 Å². The van der Waals surface area contributed by atoms with Gasteiger partial charge in [-0.1, -0.05) is 42.0 Å². The van der Waals surface area contributed by atoms with Crippen LogP contribution in [0.3, 0.4) is 0 Å². The number of hydrogen-bond donors (Lipinski definition) is 2. The van der Waals surface area contributed by atoms with Gasteiger partial charge in [-0.3, -0.25) is 4.79 Å². The average molecular weight is 402 g/mol. The highest BCUT2D eigenvalue weighted by Crippen LogP contribution is 2.23. The molecular formula is C22H23F2N2OS+. The highest BCUT2D eigenvalue weighted by atomic mass is 32.1. The molecule has 0 bridgehead atoms. The number of carbonyl (C=O) groups excluding carboxylic acids is 1. The molecule has 3 nitrogen and oxygen atoms in total. The van der Waals surface area contributed by atoms with Crippen LogP contribution in [0.5, 0.6) is 0 Å². The molecule has 3 rings (SSSR count). The Hall–Kier alpha value is -2.57. The van der Waals surface area contributed by atoms with E-state index in [0.29, 0.717) is 0 Å². The van der Waals surface area contributed by atoms with Crippen molar-refractivity contribution in [2.45, 2.75) is 25.9 Å². The van der Waals surface area contributed by atoms with E-state index in [0.717, 1.165) is 16.5 Å².